The van der Waals surface area contributed by atoms with Crippen LogP contribution in [0.3, 0.4) is 0 Å². The molecule has 80 valence electrons. The third-order valence-corrected chi connectivity index (χ3v) is 2.62. The van der Waals surface area contributed by atoms with Gasteiger partial charge in [0.15, 0.2) is 0 Å². The van der Waals surface area contributed by atoms with Crippen molar-refractivity contribution in [3.63, 3.8) is 0 Å². The molecular formula is C11H15N3O. The maximum atomic E-state index is 11.4. The van der Waals surface area contributed by atoms with E-state index in [0.29, 0.717) is 6.54 Å². The lowest BCUT2D eigenvalue weighted by atomic mass is 10.1. The topological polar surface area (TPSA) is 49.6 Å². The Hall–Kier alpha value is -1.55. The van der Waals surface area contributed by atoms with Crippen molar-refractivity contribution in [1.82, 2.24) is 0 Å². The summed E-state index contributed by atoms with van der Waals surface area (Å²) < 4.78 is 0. The lowest BCUT2D eigenvalue weighted by Crippen LogP contribution is -2.61. The molecule has 4 nitrogen and oxygen atoms in total. The number of benzene rings is 1. The van der Waals surface area contributed by atoms with Crippen LogP contribution in [-0.4, -0.2) is 32.6 Å². The first-order chi connectivity index (χ1) is 7.09. The van der Waals surface area contributed by atoms with Crippen LogP contribution in [0.2, 0.25) is 0 Å². The molecule has 0 spiro atoms. The van der Waals surface area contributed by atoms with E-state index in [-0.39, 0.29) is 11.9 Å². The maximum Gasteiger partial charge on any atom is 0.245 e. The number of amides is 1. The first-order valence-electron chi connectivity index (χ1n) is 4.94. The van der Waals surface area contributed by atoms with Crippen LogP contribution in [0.1, 0.15) is 0 Å². The molecule has 2 rings (SSSR count). The Kier molecular flexibility index (Phi) is 2.36. The number of β-lactam (4-membered cyclic amide) rings is 1. The van der Waals surface area contributed by atoms with Gasteiger partial charge in [-0.2, -0.15) is 0 Å². The molecule has 0 aromatic heterocycles. The fraction of sp³-hybridized carbons (Fsp3) is 0.364. The molecule has 1 saturated heterocycles. The van der Waals surface area contributed by atoms with Gasteiger partial charge in [0.05, 0.1) is 6.54 Å². The number of nitrogens with two attached hydrogens (primary N) is 1. The highest BCUT2D eigenvalue weighted by Gasteiger charge is 2.34. The van der Waals surface area contributed by atoms with E-state index in [2.05, 4.69) is 0 Å². The molecule has 1 unspecified atom stereocenters. The lowest BCUT2D eigenvalue weighted by molar-refractivity contribution is -0.123. The summed E-state index contributed by atoms with van der Waals surface area (Å²) >= 11 is 0. The summed E-state index contributed by atoms with van der Waals surface area (Å²) in [4.78, 5) is 15.1. The molecule has 4 heteroatoms. The number of carbonyl (C=O) groups is 1. The first-order valence-corrected chi connectivity index (χ1v) is 4.94. The van der Waals surface area contributed by atoms with Gasteiger partial charge in [0.1, 0.15) is 6.04 Å². The fourth-order valence-corrected chi connectivity index (χ4v) is 1.62. The molecule has 1 aliphatic heterocycles. The maximum absolute atomic E-state index is 11.4. The fourth-order valence-electron chi connectivity index (χ4n) is 1.62. The molecule has 1 heterocycles. The molecule has 0 bridgehead atoms. The van der Waals surface area contributed by atoms with Crippen LogP contribution in [0.15, 0.2) is 24.3 Å². The minimum atomic E-state index is -0.312. The van der Waals surface area contributed by atoms with Gasteiger partial charge in [-0.25, -0.2) is 0 Å². The van der Waals surface area contributed by atoms with E-state index in [1.165, 1.54) is 0 Å². The molecule has 1 atom stereocenters. The van der Waals surface area contributed by atoms with Gasteiger partial charge in [0.2, 0.25) is 5.91 Å². The second-order valence-electron chi connectivity index (χ2n) is 3.97. The lowest BCUT2D eigenvalue weighted by Gasteiger charge is -2.36. The van der Waals surface area contributed by atoms with E-state index < -0.39 is 0 Å². The van der Waals surface area contributed by atoms with Crippen molar-refractivity contribution < 1.29 is 4.79 Å². The van der Waals surface area contributed by atoms with Crippen molar-refractivity contribution in [2.75, 3.05) is 30.4 Å². The molecule has 1 aromatic carbocycles. The van der Waals surface area contributed by atoms with Gasteiger partial charge in [-0.3, -0.25) is 4.79 Å². The van der Waals surface area contributed by atoms with Crippen molar-refractivity contribution in [3.8, 4) is 0 Å². The third-order valence-electron chi connectivity index (χ3n) is 2.62. The molecule has 0 aliphatic carbocycles. The smallest absolute Gasteiger partial charge is 0.245 e. The van der Waals surface area contributed by atoms with Gasteiger partial charge >= 0.3 is 0 Å². The summed E-state index contributed by atoms with van der Waals surface area (Å²) in [6.07, 6.45) is 0. The predicted molar refractivity (Wildman–Crippen MR) is 61.1 cm³/mol. The van der Waals surface area contributed by atoms with Crippen molar-refractivity contribution in [3.05, 3.63) is 24.3 Å². The summed E-state index contributed by atoms with van der Waals surface area (Å²) in [6.45, 7) is 0.621. The van der Waals surface area contributed by atoms with Crippen LogP contribution in [0.5, 0.6) is 0 Å². The van der Waals surface area contributed by atoms with E-state index in [9.17, 15) is 4.79 Å². The average Bonchev–Trinajstić information content (AvgIpc) is 2.25. The number of nitrogens with zero attached hydrogens (tertiary/aromatic N) is 2. The normalized spacial score (nSPS) is 20.1. The van der Waals surface area contributed by atoms with Crippen LogP contribution in [0.4, 0.5) is 11.4 Å². The van der Waals surface area contributed by atoms with Crippen LogP contribution >= 0.6 is 0 Å². The standard InChI is InChI=1S/C11H15N3O/c1-13(2)8-4-3-5-9(6-8)14-7-10(12)11(14)15/h3-6,10H,7,12H2,1-2H3. The van der Waals surface area contributed by atoms with Gasteiger partial charge in [-0.15, -0.1) is 0 Å². The van der Waals surface area contributed by atoms with Gasteiger partial charge in [-0.05, 0) is 18.2 Å². The quantitative estimate of drug-likeness (QED) is 0.712. The summed E-state index contributed by atoms with van der Waals surface area (Å²) in [5.74, 6) is 0.00547. The number of carbonyl (C=O) groups excluding carboxylic acids is 1. The van der Waals surface area contributed by atoms with Crippen LogP contribution in [0, 0.1) is 0 Å². The zero-order chi connectivity index (χ0) is 11.0. The van der Waals surface area contributed by atoms with Gasteiger partial charge in [0, 0.05) is 25.5 Å². The van der Waals surface area contributed by atoms with Gasteiger partial charge in [0.25, 0.3) is 0 Å². The van der Waals surface area contributed by atoms with Crippen molar-refractivity contribution in [1.29, 1.82) is 0 Å². The van der Waals surface area contributed by atoms with Gasteiger partial charge in [-0.1, -0.05) is 6.07 Å². The molecule has 15 heavy (non-hydrogen) atoms. The molecular weight excluding hydrogens is 190 g/mol. The van der Waals surface area contributed by atoms with E-state index >= 15 is 0 Å². The molecule has 0 radical (unpaired) electrons. The first kappa shape index (κ1) is 9.98. The Morgan fingerprint density at radius 1 is 1.47 bits per heavy atom. The summed E-state index contributed by atoms with van der Waals surface area (Å²) in [6, 6.07) is 7.56. The third kappa shape index (κ3) is 1.68. The Balaban J connectivity index is 2.23. The van der Waals surface area contributed by atoms with E-state index in [0.717, 1.165) is 11.4 Å². The molecule has 1 aromatic rings. The predicted octanol–water partition coefficient (Wildman–Crippen LogP) is 0.426. The second-order valence-corrected chi connectivity index (χ2v) is 3.97. The zero-order valence-corrected chi connectivity index (χ0v) is 8.97. The minimum absolute atomic E-state index is 0.00547. The Morgan fingerprint density at radius 3 is 2.73 bits per heavy atom. The van der Waals surface area contributed by atoms with E-state index in [4.69, 9.17) is 5.73 Å². The summed E-state index contributed by atoms with van der Waals surface area (Å²) in [5.41, 5.74) is 7.55. The highest BCUT2D eigenvalue weighted by Crippen LogP contribution is 2.25. The summed E-state index contributed by atoms with van der Waals surface area (Å²) in [5, 5.41) is 0. The van der Waals surface area contributed by atoms with Crippen LogP contribution < -0.4 is 15.5 Å². The highest BCUT2D eigenvalue weighted by molar-refractivity contribution is 6.04. The van der Waals surface area contributed by atoms with E-state index in [1.807, 2.05) is 43.3 Å². The monoisotopic (exact) mass is 205 g/mol. The SMILES string of the molecule is CN(C)c1cccc(N2CC(N)C2=O)c1. The summed E-state index contributed by atoms with van der Waals surface area (Å²) in [7, 11) is 3.95. The molecule has 1 amide bonds. The number of hydrogen-bond acceptors (Lipinski definition) is 3. The highest BCUT2D eigenvalue weighted by atomic mass is 16.2. The van der Waals surface area contributed by atoms with Crippen LogP contribution in [-0.2, 0) is 4.79 Å². The molecule has 2 N–H and O–H groups in total. The zero-order valence-electron chi connectivity index (χ0n) is 8.97. The average molecular weight is 205 g/mol. The number of hydrogen-bond donors (Lipinski definition) is 1. The van der Waals surface area contributed by atoms with Gasteiger partial charge < -0.3 is 15.5 Å². The largest absolute Gasteiger partial charge is 0.378 e. The molecule has 1 fully saturated rings. The number of rotatable bonds is 2. The van der Waals surface area contributed by atoms with E-state index in [1.54, 1.807) is 4.90 Å². The molecule has 0 saturated carbocycles. The van der Waals surface area contributed by atoms with Crippen molar-refractivity contribution in [2.45, 2.75) is 6.04 Å². The van der Waals surface area contributed by atoms with Crippen molar-refractivity contribution >= 4 is 17.3 Å². The van der Waals surface area contributed by atoms with Crippen LogP contribution in [0.25, 0.3) is 0 Å². The second kappa shape index (κ2) is 3.55. The molecule has 1 aliphatic rings. The minimum Gasteiger partial charge on any atom is -0.378 e. The number of anilines is 2. The Morgan fingerprint density at radius 2 is 2.20 bits per heavy atom. The Labute approximate surface area is 89.3 Å². The van der Waals surface area contributed by atoms with Crippen molar-refractivity contribution in [2.24, 2.45) is 5.73 Å². The Bertz CT molecular complexity index is 389.